The number of hydrogen-bond acceptors (Lipinski definition) is 5. The highest BCUT2D eigenvalue weighted by Gasteiger charge is 2.25. The van der Waals surface area contributed by atoms with Crippen LogP contribution in [0.5, 0.6) is 17.2 Å². The molecular formula is C39H60O5. The molecule has 0 unspecified atom stereocenters. The van der Waals surface area contributed by atoms with Gasteiger partial charge in [-0.05, 0) is 49.5 Å². The number of allylic oxidation sites excluding steroid dienone is 1. The molecule has 0 atom stereocenters. The minimum Gasteiger partial charge on any atom is -0.490 e. The van der Waals surface area contributed by atoms with Crippen molar-refractivity contribution in [3.8, 4) is 17.2 Å². The molecule has 0 aliphatic rings. The molecule has 5 nitrogen and oxygen atoms in total. The van der Waals surface area contributed by atoms with Gasteiger partial charge in [-0.1, -0.05) is 135 Å². The Balaban J connectivity index is 2.46. The van der Waals surface area contributed by atoms with Crippen LogP contribution in [0.1, 0.15) is 146 Å². The molecule has 0 heterocycles. The van der Waals surface area contributed by atoms with Crippen LogP contribution in [0, 0.1) is 0 Å². The lowest BCUT2D eigenvalue weighted by Gasteiger charge is -2.20. The van der Waals surface area contributed by atoms with Gasteiger partial charge in [-0.25, -0.2) is 0 Å². The van der Waals surface area contributed by atoms with Crippen molar-refractivity contribution in [2.75, 3.05) is 26.4 Å². The number of Topliss-reactive ketones (excluding diaryl/α,β-unsaturated/α-hetero) is 1. The summed E-state index contributed by atoms with van der Waals surface area (Å²) in [7, 11) is 0. The average molecular weight is 609 g/mol. The molecule has 0 fully saturated rings. The van der Waals surface area contributed by atoms with Crippen molar-refractivity contribution >= 4 is 11.9 Å². The molecule has 5 heteroatoms. The lowest BCUT2D eigenvalue weighted by molar-refractivity contribution is 0.0913. The van der Waals surface area contributed by atoms with Crippen LogP contribution in [0.2, 0.25) is 0 Å². The molecule has 0 aliphatic carbocycles. The van der Waals surface area contributed by atoms with E-state index >= 15 is 0 Å². The molecule has 44 heavy (non-hydrogen) atoms. The zero-order chi connectivity index (χ0) is 31.7. The van der Waals surface area contributed by atoms with Crippen LogP contribution in [0.3, 0.4) is 0 Å². The number of unbranched alkanes of at least 4 members (excludes halogenated alkanes) is 12. The van der Waals surface area contributed by atoms with E-state index in [4.69, 9.17) is 18.9 Å². The third kappa shape index (κ3) is 14.7. The maximum absolute atomic E-state index is 14.3. The fourth-order valence-electron chi connectivity index (χ4n) is 4.95. The topological polar surface area (TPSA) is 54.0 Å². The summed E-state index contributed by atoms with van der Waals surface area (Å²) in [6.07, 6.45) is 19.3. The first-order valence-corrected chi connectivity index (χ1v) is 17.7. The van der Waals surface area contributed by atoms with Crippen molar-refractivity contribution in [2.24, 2.45) is 0 Å². The van der Waals surface area contributed by atoms with Crippen LogP contribution >= 0.6 is 0 Å². The Morgan fingerprint density at radius 3 is 1.59 bits per heavy atom. The van der Waals surface area contributed by atoms with Gasteiger partial charge in [0.1, 0.15) is 0 Å². The number of carbonyl (C=O) groups excluding carboxylic acids is 1. The van der Waals surface area contributed by atoms with Crippen molar-refractivity contribution in [1.82, 2.24) is 0 Å². The smallest absolute Gasteiger partial charge is 0.231 e. The van der Waals surface area contributed by atoms with Crippen LogP contribution in [-0.4, -0.2) is 32.2 Å². The minimum absolute atomic E-state index is 0.196. The first-order valence-electron chi connectivity index (χ1n) is 17.7. The largest absolute Gasteiger partial charge is 0.490 e. The second kappa shape index (κ2) is 24.4. The molecule has 0 aromatic heterocycles. The Labute approximate surface area is 268 Å². The van der Waals surface area contributed by atoms with Crippen LogP contribution in [0.15, 0.2) is 48.2 Å². The third-order valence-corrected chi connectivity index (χ3v) is 7.64. The number of ether oxygens (including phenoxy) is 4. The van der Waals surface area contributed by atoms with E-state index in [2.05, 4.69) is 27.7 Å². The van der Waals surface area contributed by atoms with E-state index in [9.17, 15) is 4.79 Å². The van der Waals surface area contributed by atoms with Crippen LogP contribution in [0.25, 0.3) is 6.08 Å². The molecule has 0 amide bonds. The molecule has 0 radical (unpaired) electrons. The predicted molar refractivity (Wildman–Crippen MR) is 184 cm³/mol. The number of hydrogen-bond donors (Lipinski definition) is 0. The fraction of sp³-hybridized carbons (Fsp3) is 0.615. The van der Waals surface area contributed by atoms with Gasteiger partial charge >= 0.3 is 0 Å². The summed E-state index contributed by atoms with van der Waals surface area (Å²) in [4.78, 5) is 14.3. The molecule has 0 aliphatic heterocycles. The maximum atomic E-state index is 14.3. The summed E-state index contributed by atoms with van der Waals surface area (Å²) in [5.41, 5.74) is 1.38. The van der Waals surface area contributed by atoms with E-state index in [1.807, 2.05) is 48.5 Å². The number of ketones is 1. The highest BCUT2D eigenvalue weighted by Crippen LogP contribution is 2.42. The molecule has 0 bridgehead atoms. The predicted octanol–water partition coefficient (Wildman–Crippen LogP) is 11.4. The summed E-state index contributed by atoms with van der Waals surface area (Å²) in [5.74, 6) is 1.79. The van der Waals surface area contributed by atoms with Crippen molar-refractivity contribution in [3.05, 3.63) is 59.4 Å². The van der Waals surface area contributed by atoms with Gasteiger partial charge in [-0.2, -0.15) is 0 Å². The van der Waals surface area contributed by atoms with Gasteiger partial charge in [0.25, 0.3) is 0 Å². The zero-order valence-electron chi connectivity index (χ0n) is 28.3. The van der Waals surface area contributed by atoms with E-state index in [0.717, 1.165) is 89.0 Å². The zero-order valence-corrected chi connectivity index (χ0v) is 28.3. The van der Waals surface area contributed by atoms with E-state index in [-0.39, 0.29) is 5.78 Å². The third-order valence-electron chi connectivity index (χ3n) is 7.64. The summed E-state index contributed by atoms with van der Waals surface area (Å²) in [6, 6.07) is 13.6. The molecule has 0 saturated heterocycles. The monoisotopic (exact) mass is 608 g/mol. The fourth-order valence-corrected chi connectivity index (χ4v) is 4.95. The molecule has 2 aromatic rings. The molecule has 0 spiro atoms. The van der Waals surface area contributed by atoms with Gasteiger partial charge < -0.3 is 18.9 Å². The van der Waals surface area contributed by atoms with Gasteiger partial charge in [-0.3, -0.25) is 4.79 Å². The average Bonchev–Trinajstić information content (AvgIpc) is 3.04. The SMILES string of the molecule is CCCCCCO/C(=C\c1ccccc1)C(=O)c1ccc(OCCCCCC)c(OCCCCCC)c1OCCCCCC. The van der Waals surface area contributed by atoms with Gasteiger partial charge in [-0.15, -0.1) is 0 Å². The standard InChI is InChI=1S/C39H60O5/c1-5-9-13-20-28-41-35-27-26-34(38(43-30-22-15-11-7-3)39(35)44-31-23-16-12-8-4)37(40)36(42-29-21-14-10-6-2)32-33-24-18-17-19-25-33/h17-19,24-27,32H,5-16,20-23,28-31H2,1-4H3/b36-32-. The Kier molecular flexibility index (Phi) is 20.6. The summed E-state index contributed by atoms with van der Waals surface area (Å²) < 4.78 is 25.4. The van der Waals surface area contributed by atoms with Crippen LogP contribution in [0.4, 0.5) is 0 Å². The maximum Gasteiger partial charge on any atom is 0.231 e. The van der Waals surface area contributed by atoms with Crippen molar-refractivity contribution < 1.29 is 23.7 Å². The van der Waals surface area contributed by atoms with Crippen molar-refractivity contribution in [3.63, 3.8) is 0 Å². The second-order valence-corrected chi connectivity index (χ2v) is 11.7. The Morgan fingerprint density at radius 2 is 1.05 bits per heavy atom. The van der Waals surface area contributed by atoms with Crippen molar-refractivity contribution in [2.45, 2.75) is 130 Å². The molecule has 2 aromatic carbocycles. The normalized spacial score (nSPS) is 11.4. The number of carbonyl (C=O) groups is 1. The summed E-state index contributed by atoms with van der Waals surface area (Å²) in [5, 5.41) is 0. The summed E-state index contributed by atoms with van der Waals surface area (Å²) in [6.45, 7) is 11.0. The number of rotatable bonds is 27. The first kappa shape index (κ1) is 37.2. The van der Waals surface area contributed by atoms with Crippen LogP contribution in [-0.2, 0) is 4.74 Å². The Bertz CT molecular complexity index is 1050. The van der Waals surface area contributed by atoms with Crippen molar-refractivity contribution in [1.29, 1.82) is 0 Å². The van der Waals surface area contributed by atoms with Gasteiger partial charge in [0, 0.05) is 0 Å². The highest BCUT2D eigenvalue weighted by atomic mass is 16.5. The molecular weight excluding hydrogens is 548 g/mol. The molecule has 0 N–H and O–H groups in total. The van der Waals surface area contributed by atoms with E-state index in [1.54, 1.807) is 0 Å². The molecule has 2 rings (SSSR count). The lowest BCUT2D eigenvalue weighted by Crippen LogP contribution is -2.13. The minimum atomic E-state index is -0.196. The summed E-state index contributed by atoms with van der Waals surface area (Å²) >= 11 is 0. The van der Waals surface area contributed by atoms with Gasteiger partial charge in [0.05, 0.1) is 32.0 Å². The first-order chi connectivity index (χ1) is 21.7. The van der Waals surface area contributed by atoms with Crippen LogP contribution < -0.4 is 14.2 Å². The lowest BCUT2D eigenvalue weighted by atomic mass is 10.0. The highest BCUT2D eigenvalue weighted by molar-refractivity contribution is 6.12. The van der Waals surface area contributed by atoms with Gasteiger partial charge in [0.2, 0.25) is 11.5 Å². The second-order valence-electron chi connectivity index (χ2n) is 11.7. The van der Waals surface area contributed by atoms with Gasteiger partial charge in [0.15, 0.2) is 17.3 Å². The quantitative estimate of drug-likeness (QED) is 0.0437. The molecule has 0 saturated carbocycles. The number of benzene rings is 2. The Morgan fingerprint density at radius 1 is 0.545 bits per heavy atom. The molecule has 246 valence electrons. The van der Waals surface area contributed by atoms with E-state index < -0.39 is 0 Å². The van der Waals surface area contributed by atoms with E-state index in [1.165, 1.54) is 19.3 Å². The Hall–Kier alpha value is -2.95. The van der Waals surface area contributed by atoms with E-state index in [0.29, 0.717) is 55.0 Å².